The molecular weight excluding hydrogens is 325 g/mol. The molecule has 1 saturated carbocycles. The predicted octanol–water partition coefficient (Wildman–Crippen LogP) is 3.49. The van der Waals surface area contributed by atoms with Crippen LogP contribution >= 0.6 is 11.6 Å². The summed E-state index contributed by atoms with van der Waals surface area (Å²) in [5, 5.41) is 0.659. The van der Waals surface area contributed by atoms with E-state index in [0.717, 1.165) is 30.5 Å². The van der Waals surface area contributed by atoms with Gasteiger partial charge in [-0.15, -0.1) is 0 Å². The molecule has 0 spiro atoms. The molecule has 0 aromatic heterocycles. The molecule has 3 nitrogen and oxygen atoms in total. The van der Waals surface area contributed by atoms with Crippen molar-refractivity contribution in [3.05, 3.63) is 64.9 Å². The molecular formula is C16H15ClFNO2S. The summed E-state index contributed by atoms with van der Waals surface area (Å²) in [4.78, 5) is 0.0702. The number of nitrogens with one attached hydrogen (secondary N) is 1. The van der Waals surface area contributed by atoms with Crippen LogP contribution in [0.25, 0.3) is 0 Å². The Labute approximate surface area is 134 Å². The first-order valence-corrected chi connectivity index (χ1v) is 8.79. The second kappa shape index (κ2) is 5.65. The molecule has 0 amide bonds. The molecule has 1 aliphatic carbocycles. The third-order valence-electron chi connectivity index (χ3n) is 4.03. The Bertz CT molecular complexity index is 769. The minimum absolute atomic E-state index is 0.0702. The van der Waals surface area contributed by atoms with Crippen molar-refractivity contribution < 1.29 is 12.8 Å². The first-order valence-electron chi connectivity index (χ1n) is 6.93. The Morgan fingerprint density at radius 2 is 1.64 bits per heavy atom. The zero-order valence-electron chi connectivity index (χ0n) is 11.7. The highest BCUT2D eigenvalue weighted by atomic mass is 35.5. The van der Waals surface area contributed by atoms with Gasteiger partial charge in [-0.25, -0.2) is 17.5 Å². The lowest BCUT2D eigenvalue weighted by Crippen LogP contribution is -2.32. The fraction of sp³-hybridized carbons (Fsp3) is 0.250. The predicted molar refractivity (Wildman–Crippen MR) is 84.0 cm³/mol. The highest BCUT2D eigenvalue weighted by molar-refractivity contribution is 7.89. The van der Waals surface area contributed by atoms with E-state index in [4.69, 9.17) is 11.6 Å². The van der Waals surface area contributed by atoms with Crippen molar-refractivity contribution >= 4 is 21.6 Å². The summed E-state index contributed by atoms with van der Waals surface area (Å²) >= 11 is 5.88. The first-order chi connectivity index (χ1) is 10.4. The molecule has 0 heterocycles. The topological polar surface area (TPSA) is 46.2 Å². The van der Waals surface area contributed by atoms with Gasteiger partial charge in [0.1, 0.15) is 5.82 Å². The van der Waals surface area contributed by atoms with Crippen molar-refractivity contribution in [3.63, 3.8) is 0 Å². The maximum atomic E-state index is 12.9. The number of rotatable bonds is 5. The van der Waals surface area contributed by atoms with Crippen LogP contribution in [0.3, 0.4) is 0 Å². The molecule has 0 aliphatic heterocycles. The van der Waals surface area contributed by atoms with Gasteiger partial charge >= 0.3 is 0 Å². The molecule has 3 rings (SSSR count). The smallest absolute Gasteiger partial charge is 0.210 e. The molecule has 2 aromatic rings. The third-order valence-corrected chi connectivity index (χ3v) is 5.70. The van der Waals surface area contributed by atoms with Gasteiger partial charge in [0.25, 0.3) is 0 Å². The molecule has 116 valence electrons. The Kier molecular flexibility index (Phi) is 3.97. The Balaban J connectivity index is 1.74. The van der Waals surface area contributed by atoms with E-state index >= 15 is 0 Å². The standard InChI is InChI=1S/C16H15ClFNO2S/c17-13-3-1-12(2-4-13)16(9-10-16)11-19-22(20,21)15-7-5-14(18)6-8-15/h1-8,19H,9-11H2. The van der Waals surface area contributed by atoms with Gasteiger partial charge in [0.15, 0.2) is 0 Å². The van der Waals surface area contributed by atoms with Crippen LogP contribution in [0.5, 0.6) is 0 Å². The molecule has 6 heteroatoms. The third kappa shape index (κ3) is 3.16. The van der Waals surface area contributed by atoms with Crippen LogP contribution in [-0.4, -0.2) is 15.0 Å². The largest absolute Gasteiger partial charge is 0.240 e. The van der Waals surface area contributed by atoms with Crippen LogP contribution in [0.2, 0.25) is 5.02 Å². The number of hydrogen-bond acceptors (Lipinski definition) is 2. The molecule has 1 fully saturated rings. The van der Waals surface area contributed by atoms with Crippen LogP contribution in [0.15, 0.2) is 53.4 Å². The van der Waals surface area contributed by atoms with E-state index in [0.29, 0.717) is 11.6 Å². The van der Waals surface area contributed by atoms with Crippen LogP contribution < -0.4 is 4.72 Å². The number of halogens is 2. The molecule has 0 atom stereocenters. The van der Waals surface area contributed by atoms with E-state index in [9.17, 15) is 12.8 Å². The summed E-state index contributed by atoms with van der Waals surface area (Å²) in [6, 6.07) is 12.3. The van der Waals surface area contributed by atoms with Gasteiger partial charge in [0.2, 0.25) is 10.0 Å². The summed E-state index contributed by atoms with van der Waals surface area (Å²) in [6.07, 6.45) is 1.86. The molecule has 1 aliphatic rings. The summed E-state index contributed by atoms with van der Waals surface area (Å²) in [5.74, 6) is -0.459. The van der Waals surface area contributed by atoms with Crippen LogP contribution in [-0.2, 0) is 15.4 Å². The minimum atomic E-state index is -3.63. The van der Waals surface area contributed by atoms with Crippen molar-refractivity contribution in [3.8, 4) is 0 Å². The zero-order chi connectivity index (χ0) is 15.8. The lowest BCUT2D eigenvalue weighted by molar-refractivity contribution is 0.566. The van der Waals surface area contributed by atoms with Crippen molar-refractivity contribution in [2.75, 3.05) is 6.54 Å². The first kappa shape index (κ1) is 15.5. The number of sulfonamides is 1. The van der Waals surface area contributed by atoms with Gasteiger partial charge in [-0.2, -0.15) is 0 Å². The average molecular weight is 340 g/mol. The van der Waals surface area contributed by atoms with Gasteiger partial charge in [-0.1, -0.05) is 23.7 Å². The molecule has 0 saturated heterocycles. The zero-order valence-corrected chi connectivity index (χ0v) is 13.3. The highest BCUT2D eigenvalue weighted by Gasteiger charge is 2.44. The summed E-state index contributed by atoms with van der Waals surface area (Å²) in [5.41, 5.74) is 0.927. The van der Waals surface area contributed by atoms with E-state index < -0.39 is 15.8 Å². The summed E-state index contributed by atoms with van der Waals surface area (Å²) in [6.45, 7) is 0.328. The quantitative estimate of drug-likeness (QED) is 0.906. The molecule has 2 aromatic carbocycles. The summed E-state index contributed by atoms with van der Waals surface area (Å²) in [7, 11) is -3.63. The molecule has 0 bridgehead atoms. The average Bonchev–Trinajstić information content (AvgIpc) is 3.28. The molecule has 1 N–H and O–H groups in total. The maximum absolute atomic E-state index is 12.9. The monoisotopic (exact) mass is 339 g/mol. The Morgan fingerprint density at radius 3 is 2.18 bits per heavy atom. The molecule has 22 heavy (non-hydrogen) atoms. The van der Waals surface area contributed by atoms with Gasteiger partial charge < -0.3 is 0 Å². The lowest BCUT2D eigenvalue weighted by atomic mass is 9.96. The number of benzene rings is 2. The summed E-state index contributed by atoms with van der Waals surface area (Å²) < 4.78 is 40.0. The maximum Gasteiger partial charge on any atom is 0.240 e. The van der Waals surface area contributed by atoms with E-state index in [-0.39, 0.29) is 10.3 Å². The normalized spacial score (nSPS) is 16.5. The minimum Gasteiger partial charge on any atom is -0.210 e. The Morgan fingerprint density at radius 1 is 1.05 bits per heavy atom. The highest BCUT2D eigenvalue weighted by Crippen LogP contribution is 2.48. The Hall–Kier alpha value is -1.43. The van der Waals surface area contributed by atoms with E-state index in [2.05, 4.69) is 4.72 Å². The fourth-order valence-corrected chi connectivity index (χ4v) is 3.71. The molecule has 0 unspecified atom stereocenters. The number of hydrogen-bond donors (Lipinski definition) is 1. The van der Waals surface area contributed by atoms with Crippen molar-refractivity contribution in [2.24, 2.45) is 0 Å². The van der Waals surface area contributed by atoms with E-state index in [1.807, 2.05) is 24.3 Å². The van der Waals surface area contributed by atoms with Gasteiger partial charge in [0, 0.05) is 17.0 Å². The van der Waals surface area contributed by atoms with Crippen molar-refractivity contribution in [1.82, 2.24) is 4.72 Å². The second-order valence-electron chi connectivity index (χ2n) is 5.57. The van der Waals surface area contributed by atoms with Crippen LogP contribution in [0.1, 0.15) is 18.4 Å². The van der Waals surface area contributed by atoms with Crippen LogP contribution in [0, 0.1) is 5.82 Å². The van der Waals surface area contributed by atoms with Gasteiger partial charge in [-0.05, 0) is 54.8 Å². The van der Waals surface area contributed by atoms with Crippen molar-refractivity contribution in [2.45, 2.75) is 23.2 Å². The fourth-order valence-electron chi connectivity index (χ4n) is 2.45. The van der Waals surface area contributed by atoms with E-state index in [1.54, 1.807) is 0 Å². The lowest BCUT2D eigenvalue weighted by Gasteiger charge is -2.17. The van der Waals surface area contributed by atoms with E-state index in [1.165, 1.54) is 12.1 Å². The van der Waals surface area contributed by atoms with Gasteiger partial charge in [-0.3, -0.25) is 0 Å². The van der Waals surface area contributed by atoms with Gasteiger partial charge in [0.05, 0.1) is 4.90 Å². The van der Waals surface area contributed by atoms with Crippen molar-refractivity contribution in [1.29, 1.82) is 0 Å². The molecule has 0 radical (unpaired) electrons. The van der Waals surface area contributed by atoms with Crippen LogP contribution in [0.4, 0.5) is 4.39 Å². The second-order valence-corrected chi connectivity index (χ2v) is 7.77. The SMILES string of the molecule is O=S(=O)(NCC1(c2ccc(Cl)cc2)CC1)c1ccc(F)cc1.